The lowest BCUT2D eigenvalue weighted by Crippen LogP contribution is -2.51. The Morgan fingerprint density at radius 2 is 1.96 bits per heavy atom. The first kappa shape index (κ1) is 22.0. The number of carbonyl (C=O) groups excluding carboxylic acids is 1. The fourth-order valence-electron chi connectivity index (χ4n) is 2.17. The Bertz CT molecular complexity index is 422. The predicted octanol–water partition coefficient (Wildman–Crippen LogP) is 4.05. The zero-order valence-electron chi connectivity index (χ0n) is 15.2. The Labute approximate surface area is 145 Å². The van der Waals surface area contributed by atoms with Gasteiger partial charge >= 0.3 is 0 Å². The van der Waals surface area contributed by atoms with Crippen LogP contribution in [0.15, 0.2) is 36.6 Å². The number of hydrogen-bond donors (Lipinski definition) is 1. The van der Waals surface area contributed by atoms with Gasteiger partial charge < -0.3 is 14.3 Å². The molecule has 0 aromatic rings. The quantitative estimate of drug-likeness (QED) is 0.202. The van der Waals surface area contributed by atoms with Crippen molar-refractivity contribution in [2.75, 3.05) is 12.2 Å². The Morgan fingerprint density at radius 1 is 1.30 bits per heavy atom. The van der Waals surface area contributed by atoms with Crippen LogP contribution in [-0.2, 0) is 14.3 Å². The first-order valence-corrected chi connectivity index (χ1v) is 9.05. The van der Waals surface area contributed by atoms with E-state index in [9.17, 15) is 4.79 Å². The molecule has 0 aliphatic carbocycles. The maximum absolute atomic E-state index is 11.4. The fraction of sp³-hybridized carbons (Fsp3) is 0.611. The second-order valence-electron chi connectivity index (χ2n) is 6.66. The van der Waals surface area contributed by atoms with Crippen molar-refractivity contribution in [3.63, 3.8) is 0 Å². The second-order valence-corrected chi connectivity index (χ2v) is 7.48. The lowest BCUT2D eigenvalue weighted by molar-refractivity contribution is -0.138. The van der Waals surface area contributed by atoms with Gasteiger partial charge in [-0.05, 0) is 58.9 Å². The molecule has 1 N–H and O–H groups in total. The van der Waals surface area contributed by atoms with Crippen molar-refractivity contribution in [3.05, 3.63) is 36.6 Å². The van der Waals surface area contributed by atoms with Crippen LogP contribution in [0.1, 0.15) is 41.0 Å². The van der Waals surface area contributed by atoms with E-state index in [1.165, 1.54) is 0 Å². The van der Waals surface area contributed by atoms with E-state index in [1.807, 2.05) is 53.0 Å². The van der Waals surface area contributed by atoms with Crippen LogP contribution >= 0.6 is 11.8 Å². The molecule has 0 unspecified atom stereocenters. The van der Waals surface area contributed by atoms with Crippen molar-refractivity contribution in [2.45, 2.75) is 58.4 Å². The molecule has 0 saturated carbocycles. The Morgan fingerprint density at radius 3 is 2.43 bits per heavy atom. The SMILES string of the molecule is C=C/C(=C\C=C\OCSC)C[C@H](C=O)NC(C)(C)OC(C)(C)C. The summed E-state index contributed by atoms with van der Waals surface area (Å²) in [7, 11) is 0. The summed E-state index contributed by atoms with van der Waals surface area (Å²) in [6, 6.07) is -0.350. The largest absolute Gasteiger partial charge is 0.491 e. The third-order valence-corrected chi connectivity index (χ3v) is 3.02. The molecule has 0 aromatic carbocycles. The standard InChI is InChI=1S/C18H31NO3S/c1-8-15(10-9-11-21-14-23-7)12-16(13-20)19-18(5,6)22-17(2,3)4/h8-11,13,16,19H,1,12,14H2,2-7H3/b11-9+,15-10+/t16-/m1/s1. The number of ether oxygens (including phenoxy) is 2. The molecule has 0 aliphatic rings. The van der Waals surface area contributed by atoms with Crippen LogP contribution in [0, 0.1) is 0 Å². The fourth-order valence-corrected chi connectivity index (χ4v) is 2.39. The summed E-state index contributed by atoms with van der Waals surface area (Å²) < 4.78 is 11.2. The molecular weight excluding hydrogens is 310 g/mol. The lowest BCUT2D eigenvalue weighted by atomic mass is 10.0. The van der Waals surface area contributed by atoms with Crippen molar-refractivity contribution in [1.29, 1.82) is 0 Å². The summed E-state index contributed by atoms with van der Waals surface area (Å²) in [6.45, 7) is 13.6. The van der Waals surface area contributed by atoms with Crippen LogP contribution in [0.2, 0.25) is 0 Å². The molecule has 23 heavy (non-hydrogen) atoms. The minimum Gasteiger partial charge on any atom is -0.491 e. The molecule has 0 aliphatic heterocycles. The van der Waals surface area contributed by atoms with Gasteiger partial charge in [-0.3, -0.25) is 5.32 Å². The zero-order chi connectivity index (χ0) is 17.9. The minimum absolute atomic E-state index is 0.293. The highest BCUT2D eigenvalue weighted by Crippen LogP contribution is 2.19. The minimum atomic E-state index is -0.604. The number of carbonyl (C=O) groups is 1. The molecule has 0 amide bonds. The molecule has 1 atom stereocenters. The van der Waals surface area contributed by atoms with Gasteiger partial charge in [0, 0.05) is 0 Å². The van der Waals surface area contributed by atoms with Gasteiger partial charge in [0.15, 0.2) is 0 Å². The Hall–Kier alpha value is -1.04. The number of hydrogen-bond acceptors (Lipinski definition) is 5. The van der Waals surface area contributed by atoms with Crippen molar-refractivity contribution in [3.8, 4) is 0 Å². The topological polar surface area (TPSA) is 47.6 Å². The molecule has 4 nitrogen and oxygen atoms in total. The van der Waals surface area contributed by atoms with Crippen LogP contribution < -0.4 is 5.32 Å². The molecule has 0 spiro atoms. The molecule has 5 heteroatoms. The van der Waals surface area contributed by atoms with E-state index in [4.69, 9.17) is 9.47 Å². The number of nitrogens with one attached hydrogen (secondary N) is 1. The van der Waals surface area contributed by atoms with Gasteiger partial charge in [-0.2, -0.15) is 0 Å². The highest BCUT2D eigenvalue weighted by molar-refractivity contribution is 7.98. The van der Waals surface area contributed by atoms with Crippen LogP contribution in [0.4, 0.5) is 0 Å². The summed E-state index contributed by atoms with van der Waals surface area (Å²) in [5.41, 5.74) is 0.0522. The number of rotatable bonds is 11. The number of thioether (sulfide) groups is 1. The highest BCUT2D eigenvalue weighted by Gasteiger charge is 2.28. The molecule has 0 fully saturated rings. The molecule has 0 rings (SSSR count). The number of aldehydes is 1. The van der Waals surface area contributed by atoms with Crippen molar-refractivity contribution < 1.29 is 14.3 Å². The third-order valence-electron chi connectivity index (χ3n) is 2.65. The average molecular weight is 342 g/mol. The molecule has 0 saturated heterocycles. The van der Waals surface area contributed by atoms with E-state index in [-0.39, 0.29) is 11.6 Å². The third kappa shape index (κ3) is 12.1. The van der Waals surface area contributed by atoms with Gasteiger partial charge in [0.05, 0.1) is 17.9 Å². The van der Waals surface area contributed by atoms with E-state index < -0.39 is 5.72 Å². The van der Waals surface area contributed by atoms with Gasteiger partial charge in [0.2, 0.25) is 0 Å². The van der Waals surface area contributed by atoms with Crippen LogP contribution in [0.3, 0.4) is 0 Å². The first-order valence-electron chi connectivity index (χ1n) is 7.65. The summed E-state index contributed by atoms with van der Waals surface area (Å²) in [4.78, 5) is 11.4. The maximum atomic E-state index is 11.4. The molecule has 0 aromatic heterocycles. The molecule has 132 valence electrons. The molecular formula is C18H31NO3S. The summed E-state index contributed by atoms with van der Waals surface area (Å²) >= 11 is 1.61. The first-order chi connectivity index (χ1) is 10.6. The van der Waals surface area contributed by atoms with Gasteiger partial charge in [-0.25, -0.2) is 0 Å². The van der Waals surface area contributed by atoms with Crippen LogP contribution in [-0.4, -0.2) is 35.8 Å². The Kier molecular flexibility index (Phi) is 10.2. The smallest absolute Gasteiger partial charge is 0.137 e. The number of allylic oxidation sites excluding steroid dienone is 3. The normalized spacial score (nSPS) is 14.8. The molecule has 0 radical (unpaired) electrons. The molecule has 0 heterocycles. The highest BCUT2D eigenvalue weighted by atomic mass is 32.2. The van der Waals surface area contributed by atoms with Crippen LogP contribution in [0.25, 0.3) is 0 Å². The van der Waals surface area contributed by atoms with E-state index in [0.717, 1.165) is 11.9 Å². The zero-order valence-corrected chi connectivity index (χ0v) is 16.0. The molecule has 0 bridgehead atoms. The van der Waals surface area contributed by atoms with Gasteiger partial charge in [0.1, 0.15) is 18.0 Å². The van der Waals surface area contributed by atoms with Crippen molar-refractivity contribution in [2.24, 2.45) is 0 Å². The monoisotopic (exact) mass is 341 g/mol. The van der Waals surface area contributed by atoms with Crippen molar-refractivity contribution in [1.82, 2.24) is 5.32 Å². The lowest BCUT2D eigenvalue weighted by Gasteiger charge is -2.36. The summed E-state index contributed by atoms with van der Waals surface area (Å²) in [5, 5.41) is 3.24. The second kappa shape index (κ2) is 10.7. The summed E-state index contributed by atoms with van der Waals surface area (Å²) in [6.07, 6.45) is 10.5. The average Bonchev–Trinajstić information content (AvgIpc) is 2.41. The van der Waals surface area contributed by atoms with Gasteiger partial charge in [-0.15, -0.1) is 11.8 Å². The predicted molar refractivity (Wildman–Crippen MR) is 99.4 cm³/mol. The van der Waals surface area contributed by atoms with E-state index in [1.54, 1.807) is 24.1 Å². The van der Waals surface area contributed by atoms with Crippen LogP contribution in [0.5, 0.6) is 0 Å². The van der Waals surface area contributed by atoms with E-state index in [0.29, 0.717) is 12.4 Å². The van der Waals surface area contributed by atoms with E-state index in [2.05, 4.69) is 11.9 Å². The Balaban J connectivity index is 4.71. The summed E-state index contributed by atoms with van der Waals surface area (Å²) in [5.74, 6) is 0.616. The maximum Gasteiger partial charge on any atom is 0.137 e. The van der Waals surface area contributed by atoms with E-state index >= 15 is 0 Å². The van der Waals surface area contributed by atoms with Gasteiger partial charge in [0.25, 0.3) is 0 Å². The van der Waals surface area contributed by atoms with Crippen molar-refractivity contribution >= 4 is 18.0 Å². The van der Waals surface area contributed by atoms with Gasteiger partial charge in [-0.1, -0.05) is 18.7 Å².